The molecule has 0 aliphatic heterocycles. The second kappa shape index (κ2) is 7.67. The normalized spacial score (nSPS) is 11.2. The van der Waals surface area contributed by atoms with Crippen LogP contribution in [0, 0.1) is 0 Å². The van der Waals surface area contributed by atoms with E-state index in [1.165, 1.54) is 30.3 Å². The molecule has 0 fully saturated rings. The van der Waals surface area contributed by atoms with Crippen molar-refractivity contribution in [3.05, 3.63) is 75.6 Å². The lowest BCUT2D eigenvalue weighted by atomic mass is 10.2. The maximum absolute atomic E-state index is 12.3. The molecule has 3 rings (SSSR count). The largest absolute Gasteiger partial charge is 0.322 e. The van der Waals surface area contributed by atoms with Crippen molar-refractivity contribution < 1.29 is 13.2 Å². The van der Waals surface area contributed by atoms with E-state index in [9.17, 15) is 13.2 Å². The van der Waals surface area contributed by atoms with Crippen LogP contribution in [0.15, 0.2) is 64.2 Å². The summed E-state index contributed by atoms with van der Waals surface area (Å²) in [6.07, 6.45) is 0. The summed E-state index contributed by atoms with van der Waals surface area (Å²) in [5.41, 5.74) is 1.24. The molecule has 0 radical (unpaired) electrons. The number of carbonyl (C=O) groups is 1. The van der Waals surface area contributed by atoms with Gasteiger partial charge in [-0.25, -0.2) is 8.42 Å². The molecule has 26 heavy (non-hydrogen) atoms. The molecule has 0 spiro atoms. The summed E-state index contributed by atoms with van der Waals surface area (Å²) >= 11 is 12.9. The molecule has 1 heterocycles. The Morgan fingerprint density at radius 3 is 2.23 bits per heavy atom. The highest BCUT2D eigenvalue weighted by Crippen LogP contribution is 2.25. The Morgan fingerprint density at radius 2 is 1.62 bits per heavy atom. The topological polar surface area (TPSA) is 75.3 Å². The summed E-state index contributed by atoms with van der Waals surface area (Å²) in [5, 5.41) is 5.11. The molecule has 1 amide bonds. The number of sulfonamides is 1. The monoisotopic (exact) mass is 426 g/mol. The highest BCUT2D eigenvalue weighted by Gasteiger charge is 2.15. The predicted molar refractivity (Wildman–Crippen MR) is 106 cm³/mol. The van der Waals surface area contributed by atoms with Crippen LogP contribution in [-0.4, -0.2) is 14.3 Å². The Kier molecular flexibility index (Phi) is 5.52. The zero-order valence-corrected chi connectivity index (χ0v) is 16.2. The van der Waals surface area contributed by atoms with Gasteiger partial charge in [-0.2, -0.15) is 0 Å². The van der Waals surface area contributed by atoms with Crippen LogP contribution in [0.5, 0.6) is 0 Å². The number of carbonyl (C=O) groups excluding carboxylic acids is 1. The molecule has 1 aromatic heterocycles. The molecule has 0 bridgehead atoms. The van der Waals surface area contributed by atoms with Gasteiger partial charge in [-0.3, -0.25) is 9.52 Å². The molecule has 0 aliphatic carbocycles. The van der Waals surface area contributed by atoms with Gasteiger partial charge in [0.25, 0.3) is 15.9 Å². The van der Waals surface area contributed by atoms with Crippen LogP contribution < -0.4 is 10.0 Å². The van der Waals surface area contributed by atoms with Crippen molar-refractivity contribution in [2.24, 2.45) is 0 Å². The van der Waals surface area contributed by atoms with E-state index in [0.29, 0.717) is 27.0 Å². The Morgan fingerprint density at radius 1 is 0.923 bits per heavy atom. The van der Waals surface area contributed by atoms with Gasteiger partial charge in [-0.15, -0.1) is 11.3 Å². The quantitative estimate of drug-likeness (QED) is 0.594. The first-order valence-corrected chi connectivity index (χ1v) is 10.4. The molecular weight excluding hydrogens is 415 g/mol. The third-order valence-electron chi connectivity index (χ3n) is 3.34. The summed E-state index contributed by atoms with van der Waals surface area (Å²) in [6, 6.07) is 14.0. The number of hydrogen-bond donors (Lipinski definition) is 2. The van der Waals surface area contributed by atoms with Crippen LogP contribution in [0.4, 0.5) is 11.4 Å². The maximum Gasteiger partial charge on any atom is 0.271 e. The first-order chi connectivity index (χ1) is 12.3. The lowest BCUT2D eigenvalue weighted by Crippen LogP contribution is -2.13. The first kappa shape index (κ1) is 18.7. The third kappa shape index (κ3) is 4.37. The average Bonchev–Trinajstić information content (AvgIpc) is 3.14. The lowest BCUT2D eigenvalue weighted by molar-refractivity contribution is 0.102. The van der Waals surface area contributed by atoms with Crippen molar-refractivity contribution in [3.63, 3.8) is 0 Å². The molecule has 3 aromatic rings. The van der Waals surface area contributed by atoms with E-state index in [0.717, 1.165) is 11.3 Å². The van der Waals surface area contributed by atoms with E-state index in [1.807, 2.05) is 0 Å². The summed E-state index contributed by atoms with van der Waals surface area (Å²) in [6.45, 7) is 0. The van der Waals surface area contributed by atoms with Crippen molar-refractivity contribution in [3.8, 4) is 0 Å². The van der Waals surface area contributed by atoms with Crippen LogP contribution in [0.25, 0.3) is 0 Å². The number of thiophene rings is 1. The molecule has 0 unspecified atom stereocenters. The summed E-state index contributed by atoms with van der Waals surface area (Å²) in [7, 11) is -3.62. The maximum atomic E-state index is 12.3. The van der Waals surface area contributed by atoms with Crippen LogP contribution in [-0.2, 0) is 10.0 Å². The molecular formula is C17H12Cl2N2O3S2. The van der Waals surface area contributed by atoms with Gasteiger partial charge < -0.3 is 5.32 Å². The molecule has 0 saturated heterocycles. The van der Waals surface area contributed by atoms with E-state index in [4.69, 9.17) is 23.2 Å². The zero-order valence-electron chi connectivity index (χ0n) is 13.1. The first-order valence-electron chi connectivity index (χ1n) is 7.28. The van der Waals surface area contributed by atoms with E-state index < -0.39 is 10.0 Å². The fourth-order valence-corrected chi connectivity index (χ4v) is 4.44. The van der Waals surface area contributed by atoms with Gasteiger partial charge in [0.1, 0.15) is 4.21 Å². The van der Waals surface area contributed by atoms with Crippen LogP contribution in [0.3, 0.4) is 0 Å². The lowest BCUT2D eigenvalue weighted by Gasteiger charge is -2.09. The Bertz CT molecular complexity index is 1030. The van der Waals surface area contributed by atoms with Crippen molar-refractivity contribution in [1.29, 1.82) is 0 Å². The Hall–Kier alpha value is -2.06. The highest BCUT2D eigenvalue weighted by molar-refractivity contribution is 7.94. The standard InChI is InChI=1S/C17H12Cl2N2O3S2/c18-14-8-7-13(10-15(14)19)20-17(22)11-3-5-12(6-4-11)21-26(23,24)16-2-1-9-25-16/h1-10,21H,(H,20,22). The average molecular weight is 427 g/mol. The van der Waals surface area contributed by atoms with E-state index in [2.05, 4.69) is 10.0 Å². The van der Waals surface area contributed by atoms with E-state index in [1.54, 1.807) is 29.6 Å². The number of rotatable bonds is 5. The predicted octanol–water partition coefficient (Wildman–Crippen LogP) is 5.11. The number of anilines is 2. The van der Waals surface area contributed by atoms with Crippen LogP contribution in [0.1, 0.15) is 10.4 Å². The highest BCUT2D eigenvalue weighted by atomic mass is 35.5. The van der Waals surface area contributed by atoms with Crippen molar-refractivity contribution in [2.45, 2.75) is 4.21 Å². The minimum Gasteiger partial charge on any atom is -0.322 e. The zero-order chi connectivity index (χ0) is 18.7. The number of amides is 1. The van der Waals surface area contributed by atoms with Gasteiger partial charge in [0.15, 0.2) is 0 Å². The van der Waals surface area contributed by atoms with Gasteiger partial charge >= 0.3 is 0 Å². The summed E-state index contributed by atoms with van der Waals surface area (Å²) in [4.78, 5) is 12.3. The molecule has 2 N–H and O–H groups in total. The second-order valence-corrected chi connectivity index (χ2v) is 8.87. The summed E-state index contributed by atoms with van der Waals surface area (Å²) < 4.78 is 27.0. The third-order valence-corrected chi connectivity index (χ3v) is 6.85. The van der Waals surface area contributed by atoms with Crippen LogP contribution >= 0.6 is 34.5 Å². The summed E-state index contributed by atoms with van der Waals surface area (Å²) in [5.74, 6) is -0.351. The molecule has 9 heteroatoms. The van der Waals surface area contributed by atoms with E-state index in [-0.39, 0.29) is 10.1 Å². The van der Waals surface area contributed by atoms with Crippen molar-refractivity contribution in [2.75, 3.05) is 10.0 Å². The molecule has 0 atom stereocenters. The van der Waals surface area contributed by atoms with Gasteiger partial charge in [0.2, 0.25) is 0 Å². The van der Waals surface area contributed by atoms with Crippen molar-refractivity contribution >= 4 is 61.8 Å². The minimum absolute atomic E-state index is 0.221. The Labute approximate surface area is 164 Å². The molecule has 0 saturated carbocycles. The van der Waals surface area contributed by atoms with Gasteiger partial charge in [-0.1, -0.05) is 29.3 Å². The fraction of sp³-hybridized carbons (Fsp3) is 0. The van der Waals surface area contributed by atoms with Gasteiger partial charge in [0.05, 0.1) is 10.0 Å². The number of benzene rings is 2. The molecule has 134 valence electrons. The SMILES string of the molecule is O=C(Nc1ccc(Cl)c(Cl)c1)c1ccc(NS(=O)(=O)c2cccs2)cc1. The minimum atomic E-state index is -3.62. The molecule has 0 aliphatic rings. The number of nitrogens with one attached hydrogen (secondary N) is 2. The second-order valence-electron chi connectivity index (χ2n) is 5.20. The van der Waals surface area contributed by atoms with E-state index >= 15 is 0 Å². The number of hydrogen-bond acceptors (Lipinski definition) is 4. The molecule has 2 aromatic carbocycles. The number of halogens is 2. The smallest absolute Gasteiger partial charge is 0.271 e. The van der Waals surface area contributed by atoms with Crippen LogP contribution in [0.2, 0.25) is 10.0 Å². The van der Waals surface area contributed by atoms with Crippen molar-refractivity contribution in [1.82, 2.24) is 0 Å². The fourth-order valence-electron chi connectivity index (χ4n) is 2.09. The Balaban J connectivity index is 1.71. The van der Waals surface area contributed by atoms with Gasteiger partial charge in [0, 0.05) is 16.9 Å². The van der Waals surface area contributed by atoms with Gasteiger partial charge in [-0.05, 0) is 53.9 Å². The molecule has 5 nitrogen and oxygen atoms in total.